The van der Waals surface area contributed by atoms with Gasteiger partial charge in [0, 0.05) is 4.88 Å². The Bertz CT molecular complexity index is 840. The number of nitrogens with one attached hydrogen (secondary N) is 2. The summed E-state index contributed by atoms with van der Waals surface area (Å²) in [6.07, 6.45) is -1.12. The summed E-state index contributed by atoms with van der Waals surface area (Å²) in [6.45, 7) is 2.86. The van der Waals surface area contributed by atoms with Gasteiger partial charge in [0.05, 0.1) is 15.6 Å². The molecule has 2 rings (SSSR count). The van der Waals surface area contributed by atoms with Crippen LogP contribution in [0.2, 0.25) is 5.02 Å². The molecule has 0 spiro atoms. The number of carbonyl (C=O) groups excluding carboxylic acids is 3. The Morgan fingerprint density at radius 1 is 1.27 bits per heavy atom. The molecule has 0 aliphatic heterocycles. The molecule has 6 nitrogen and oxygen atoms in total. The molecule has 1 unspecified atom stereocenters. The monoisotopic (exact) mass is 398 g/mol. The zero-order valence-corrected chi connectivity index (χ0v) is 15.5. The van der Waals surface area contributed by atoms with Gasteiger partial charge in [0.1, 0.15) is 12.4 Å². The highest BCUT2D eigenvalue weighted by Gasteiger charge is 2.19. The molecular weight excluding hydrogens is 383 g/mol. The van der Waals surface area contributed by atoms with Gasteiger partial charge in [-0.1, -0.05) is 11.6 Å². The molecule has 9 heteroatoms. The average Bonchev–Trinajstić information content (AvgIpc) is 3.01. The summed E-state index contributed by atoms with van der Waals surface area (Å²) in [7, 11) is 0. The maximum atomic E-state index is 13.0. The van der Waals surface area contributed by atoms with Gasteiger partial charge in [-0.15, -0.1) is 11.3 Å². The van der Waals surface area contributed by atoms with Crippen LogP contribution in [0.1, 0.15) is 21.5 Å². The van der Waals surface area contributed by atoms with Crippen molar-refractivity contribution in [1.82, 2.24) is 5.32 Å². The van der Waals surface area contributed by atoms with Crippen molar-refractivity contribution >= 4 is 46.4 Å². The first-order valence-electron chi connectivity index (χ1n) is 7.56. The number of rotatable bonds is 6. The number of hydrogen-bond donors (Lipinski definition) is 2. The number of ether oxygens (including phenoxy) is 1. The van der Waals surface area contributed by atoms with Gasteiger partial charge in [0.15, 0.2) is 6.10 Å². The standard InChI is InChI=1S/C17H16ClFN2O4S/c1-9-3-6-14(26-9)17(24)20-8-15(22)25-10(2)16(23)21-13-5-4-11(19)7-12(13)18/h3-7,10H,8H2,1-2H3,(H,20,24)(H,21,23). The van der Waals surface area contributed by atoms with Crippen LogP contribution in [-0.2, 0) is 14.3 Å². The Balaban J connectivity index is 1.82. The van der Waals surface area contributed by atoms with Crippen molar-refractivity contribution in [3.05, 3.63) is 50.9 Å². The normalized spacial score (nSPS) is 11.5. The van der Waals surface area contributed by atoms with Crippen LogP contribution < -0.4 is 10.6 Å². The van der Waals surface area contributed by atoms with E-state index in [1.54, 1.807) is 12.1 Å². The van der Waals surface area contributed by atoms with E-state index in [4.69, 9.17) is 16.3 Å². The Morgan fingerprint density at radius 2 is 2.00 bits per heavy atom. The molecule has 138 valence electrons. The van der Waals surface area contributed by atoms with Crippen LogP contribution >= 0.6 is 22.9 Å². The molecule has 1 aromatic heterocycles. The zero-order chi connectivity index (χ0) is 19.3. The first kappa shape index (κ1) is 19.9. The lowest BCUT2D eigenvalue weighted by Gasteiger charge is -2.14. The summed E-state index contributed by atoms with van der Waals surface area (Å²) >= 11 is 7.12. The smallest absolute Gasteiger partial charge is 0.326 e. The molecular formula is C17H16ClFN2O4S. The Kier molecular flexibility index (Phi) is 6.70. The van der Waals surface area contributed by atoms with Crippen LogP contribution in [0.3, 0.4) is 0 Å². The van der Waals surface area contributed by atoms with E-state index >= 15 is 0 Å². The number of hydrogen-bond acceptors (Lipinski definition) is 5. The molecule has 26 heavy (non-hydrogen) atoms. The van der Waals surface area contributed by atoms with E-state index in [0.717, 1.165) is 17.0 Å². The predicted octanol–water partition coefficient (Wildman–Crippen LogP) is 3.15. The molecule has 0 saturated carbocycles. The van der Waals surface area contributed by atoms with E-state index in [0.29, 0.717) is 4.88 Å². The van der Waals surface area contributed by atoms with Crippen molar-refractivity contribution in [2.45, 2.75) is 20.0 Å². The lowest BCUT2D eigenvalue weighted by Crippen LogP contribution is -2.35. The third-order valence-corrected chi connectivity index (χ3v) is 4.54. The van der Waals surface area contributed by atoms with Gasteiger partial charge in [-0.25, -0.2) is 4.39 Å². The number of amides is 2. The molecule has 2 N–H and O–H groups in total. The number of esters is 1. The van der Waals surface area contributed by atoms with Crippen LogP contribution in [0.4, 0.5) is 10.1 Å². The molecule has 0 bridgehead atoms. The first-order chi connectivity index (χ1) is 12.3. The molecule has 1 aromatic carbocycles. The van der Waals surface area contributed by atoms with Crippen molar-refractivity contribution in [2.24, 2.45) is 0 Å². The van der Waals surface area contributed by atoms with Gasteiger partial charge in [0.25, 0.3) is 11.8 Å². The molecule has 0 fully saturated rings. The molecule has 0 radical (unpaired) electrons. The number of anilines is 1. The fraction of sp³-hybridized carbons (Fsp3) is 0.235. The van der Waals surface area contributed by atoms with E-state index in [1.165, 1.54) is 24.3 Å². The van der Waals surface area contributed by atoms with Crippen molar-refractivity contribution in [1.29, 1.82) is 0 Å². The topological polar surface area (TPSA) is 84.5 Å². The van der Waals surface area contributed by atoms with Crippen LogP contribution in [0, 0.1) is 12.7 Å². The van der Waals surface area contributed by atoms with Gasteiger partial charge in [-0.3, -0.25) is 14.4 Å². The van der Waals surface area contributed by atoms with E-state index in [9.17, 15) is 18.8 Å². The maximum Gasteiger partial charge on any atom is 0.326 e. The number of thiophene rings is 1. The summed E-state index contributed by atoms with van der Waals surface area (Å²) in [5, 5.41) is 4.88. The van der Waals surface area contributed by atoms with E-state index in [2.05, 4.69) is 10.6 Å². The Morgan fingerprint density at radius 3 is 2.62 bits per heavy atom. The summed E-state index contributed by atoms with van der Waals surface area (Å²) in [5.41, 5.74) is 0.197. The van der Waals surface area contributed by atoms with Crippen LogP contribution in [-0.4, -0.2) is 30.4 Å². The minimum absolute atomic E-state index is 0.0235. The fourth-order valence-electron chi connectivity index (χ4n) is 1.91. The second kappa shape index (κ2) is 8.77. The summed E-state index contributed by atoms with van der Waals surface area (Å²) < 4.78 is 17.9. The van der Waals surface area contributed by atoms with Gasteiger partial charge in [-0.05, 0) is 44.2 Å². The number of aryl methyl sites for hydroxylation is 1. The molecule has 1 atom stereocenters. The Hall–Kier alpha value is -2.45. The minimum atomic E-state index is -1.12. The lowest BCUT2D eigenvalue weighted by atomic mass is 10.3. The SMILES string of the molecule is Cc1ccc(C(=O)NCC(=O)OC(C)C(=O)Nc2ccc(F)cc2Cl)s1. The quantitative estimate of drug-likeness (QED) is 0.732. The largest absolute Gasteiger partial charge is 0.451 e. The van der Waals surface area contributed by atoms with Crippen molar-refractivity contribution in [3.8, 4) is 0 Å². The molecule has 2 aromatic rings. The van der Waals surface area contributed by atoms with Gasteiger partial charge in [0.2, 0.25) is 0 Å². The number of halogens is 2. The molecule has 0 saturated heterocycles. The third kappa shape index (κ3) is 5.53. The summed E-state index contributed by atoms with van der Waals surface area (Å²) in [5.74, 6) is -2.33. The summed E-state index contributed by atoms with van der Waals surface area (Å²) in [4.78, 5) is 37.1. The minimum Gasteiger partial charge on any atom is -0.451 e. The van der Waals surface area contributed by atoms with Gasteiger partial charge in [-0.2, -0.15) is 0 Å². The van der Waals surface area contributed by atoms with Gasteiger partial charge >= 0.3 is 5.97 Å². The second-order valence-electron chi connectivity index (χ2n) is 5.34. The molecule has 0 aliphatic rings. The number of benzene rings is 1. The molecule has 0 aliphatic carbocycles. The zero-order valence-electron chi connectivity index (χ0n) is 14.0. The van der Waals surface area contributed by atoms with E-state index < -0.39 is 29.7 Å². The number of carbonyl (C=O) groups is 3. The maximum absolute atomic E-state index is 13.0. The van der Waals surface area contributed by atoms with Crippen LogP contribution in [0.15, 0.2) is 30.3 Å². The average molecular weight is 399 g/mol. The van der Waals surface area contributed by atoms with Gasteiger partial charge < -0.3 is 15.4 Å². The predicted molar refractivity (Wildman–Crippen MR) is 97.0 cm³/mol. The van der Waals surface area contributed by atoms with Crippen LogP contribution in [0.5, 0.6) is 0 Å². The van der Waals surface area contributed by atoms with Crippen molar-refractivity contribution in [2.75, 3.05) is 11.9 Å². The highest BCUT2D eigenvalue weighted by molar-refractivity contribution is 7.13. The van der Waals surface area contributed by atoms with Crippen molar-refractivity contribution in [3.63, 3.8) is 0 Å². The highest BCUT2D eigenvalue weighted by atomic mass is 35.5. The second-order valence-corrected chi connectivity index (χ2v) is 7.03. The highest BCUT2D eigenvalue weighted by Crippen LogP contribution is 2.22. The summed E-state index contributed by atoms with van der Waals surface area (Å²) in [6, 6.07) is 6.94. The van der Waals surface area contributed by atoms with E-state index in [-0.39, 0.29) is 17.3 Å². The van der Waals surface area contributed by atoms with Crippen LogP contribution in [0.25, 0.3) is 0 Å². The van der Waals surface area contributed by atoms with E-state index in [1.807, 2.05) is 6.92 Å². The fourth-order valence-corrected chi connectivity index (χ4v) is 2.91. The Labute approximate surface area is 158 Å². The first-order valence-corrected chi connectivity index (χ1v) is 8.75. The van der Waals surface area contributed by atoms with Crippen molar-refractivity contribution < 1.29 is 23.5 Å². The molecule has 1 heterocycles. The third-order valence-electron chi connectivity index (χ3n) is 3.22. The molecule has 2 amide bonds. The lowest BCUT2D eigenvalue weighted by molar-refractivity contribution is -0.152.